The summed E-state index contributed by atoms with van der Waals surface area (Å²) in [5.41, 5.74) is 2.23. The van der Waals surface area contributed by atoms with Crippen LogP contribution in [0.25, 0.3) is 0 Å². The van der Waals surface area contributed by atoms with Crippen LogP contribution in [0, 0.1) is 6.92 Å². The molecule has 0 aliphatic heterocycles. The molecule has 0 bridgehead atoms. The van der Waals surface area contributed by atoms with Crippen molar-refractivity contribution < 1.29 is 9.53 Å². The molecule has 2 aromatic rings. The molecule has 0 radical (unpaired) electrons. The van der Waals surface area contributed by atoms with E-state index in [9.17, 15) is 4.79 Å². The summed E-state index contributed by atoms with van der Waals surface area (Å²) in [7, 11) is 0. The third-order valence-electron chi connectivity index (χ3n) is 2.66. The van der Waals surface area contributed by atoms with Crippen molar-refractivity contribution in [2.75, 3.05) is 6.61 Å². The molecule has 2 heteroatoms. The molecule has 0 saturated carbocycles. The minimum atomic E-state index is 0.0858. The van der Waals surface area contributed by atoms with Gasteiger partial charge in [-0.2, -0.15) is 0 Å². The molecule has 0 spiro atoms. The Balaban J connectivity index is 1.84. The molecule has 0 aliphatic carbocycles. The van der Waals surface area contributed by atoms with E-state index >= 15 is 0 Å². The van der Waals surface area contributed by atoms with Gasteiger partial charge in [0.15, 0.2) is 5.78 Å². The van der Waals surface area contributed by atoms with Crippen LogP contribution in [-0.2, 0) is 11.2 Å². The summed E-state index contributed by atoms with van der Waals surface area (Å²) >= 11 is 0. The molecule has 0 heterocycles. The Morgan fingerprint density at radius 3 is 2.33 bits per heavy atom. The summed E-state index contributed by atoms with van der Waals surface area (Å²) in [6, 6.07) is 17.4. The molecule has 0 saturated heterocycles. The molecule has 2 nitrogen and oxygen atoms in total. The zero-order chi connectivity index (χ0) is 12.8. The van der Waals surface area contributed by atoms with Gasteiger partial charge in [0.05, 0.1) is 0 Å². The zero-order valence-electron chi connectivity index (χ0n) is 10.4. The number of carbonyl (C=O) groups excluding carboxylic acids is 1. The highest BCUT2D eigenvalue weighted by Crippen LogP contribution is 2.09. The van der Waals surface area contributed by atoms with Crippen molar-refractivity contribution in [2.45, 2.75) is 13.3 Å². The van der Waals surface area contributed by atoms with Gasteiger partial charge >= 0.3 is 0 Å². The van der Waals surface area contributed by atoms with Crippen molar-refractivity contribution in [3.8, 4) is 5.75 Å². The highest BCUT2D eigenvalue weighted by Gasteiger charge is 2.04. The SMILES string of the molecule is Cc1ccc(CC(=O)COc2ccccc2)cc1. The van der Waals surface area contributed by atoms with Gasteiger partial charge in [0.2, 0.25) is 0 Å². The van der Waals surface area contributed by atoms with Crippen LogP contribution in [0.4, 0.5) is 0 Å². The topological polar surface area (TPSA) is 26.3 Å². The average Bonchev–Trinajstić information content (AvgIpc) is 2.40. The van der Waals surface area contributed by atoms with Crippen LogP contribution >= 0.6 is 0 Å². The van der Waals surface area contributed by atoms with Gasteiger partial charge in [0.1, 0.15) is 12.4 Å². The molecule has 0 amide bonds. The normalized spacial score (nSPS) is 10.1. The lowest BCUT2D eigenvalue weighted by Crippen LogP contribution is -2.13. The zero-order valence-corrected chi connectivity index (χ0v) is 10.4. The van der Waals surface area contributed by atoms with Crippen LogP contribution in [0.15, 0.2) is 54.6 Å². The lowest BCUT2D eigenvalue weighted by atomic mass is 10.1. The van der Waals surface area contributed by atoms with E-state index in [4.69, 9.17) is 4.74 Å². The predicted octanol–water partition coefficient (Wildman–Crippen LogP) is 3.19. The van der Waals surface area contributed by atoms with Gasteiger partial charge < -0.3 is 4.74 Å². The molecule has 0 aromatic heterocycles. The number of ether oxygens (including phenoxy) is 1. The molecule has 0 aliphatic rings. The number of benzene rings is 2. The van der Waals surface area contributed by atoms with Crippen LogP contribution in [0.1, 0.15) is 11.1 Å². The van der Waals surface area contributed by atoms with Gasteiger partial charge in [-0.1, -0.05) is 48.0 Å². The quantitative estimate of drug-likeness (QED) is 0.802. The van der Waals surface area contributed by atoms with E-state index in [-0.39, 0.29) is 12.4 Å². The summed E-state index contributed by atoms with van der Waals surface area (Å²) in [6.45, 7) is 2.15. The first kappa shape index (κ1) is 12.4. The van der Waals surface area contributed by atoms with Crippen LogP contribution in [0.2, 0.25) is 0 Å². The second-order valence-corrected chi connectivity index (χ2v) is 4.30. The van der Waals surface area contributed by atoms with E-state index in [1.807, 2.05) is 61.5 Å². The fraction of sp³-hybridized carbons (Fsp3) is 0.188. The largest absolute Gasteiger partial charge is 0.486 e. The average molecular weight is 240 g/mol. The van der Waals surface area contributed by atoms with E-state index in [0.717, 1.165) is 11.3 Å². The minimum absolute atomic E-state index is 0.0858. The van der Waals surface area contributed by atoms with Gasteiger partial charge in [-0.3, -0.25) is 4.79 Å². The Kier molecular flexibility index (Phi) is 4.13. The molecule has 0 fully saturated rings. The summed E-state index contributed by atoms with van der Waals surface area (Å²) < 4.78 is 5.41. The maximum atomic E-state index is 11.7. The summed E-state index contributed by atoms with van der Waals surface area (Å²) in [5, 5.41) is 0. The molecule has 2 aromatic carbocycles. The van der Waals surface area contributed by atoms with Crippen LogP contribution in [-0.4, -0.2) is 12.4 Å². The number of Topliss-reactive ketones (excluding diaryl/α,β-unsaturated/α-hetero) is 1. The Hall–Kier alpha value is -2.09. The van der Waals surface area contributed by atoms with Crippen LogP contribution in [0.5, 0.6) is 5.75 Å². The Bertz CT molecular complexity index is 500. The lowest BCUT2D eigenvalue weighted by Gasteiger charge is -2.05. The van der Waals surface area contributed by atoms with Crippen LogP contribution < -0.4 is 4.74 Å². The van der Waals surface area contributed by atoms with E-state index in [2.05, 4.69) is 0 Å². The van der Waals surface area contributed by atoms with Gasteiger partial charge in [-0.05, 0) is 24.6 Å². The van der Waals surface area contributed by atoms with Gasteiger partial charge in [-0.25, -0.2) is 0 Å². The van der Waals surface area contributed by atoms with Crippen molar-refractivity contribution in [3.63, 3.8) is 0 Å². The molecule has 0 unspecified atom stereocenters. The van der Waals surface area contributed by atoms with Gasteiger partial charge in [0, 0.05) is 6.42 Å². The summed E-state index contributed by atoms with van der Waals surface area (Å²) in [6.07, 6.45) is 0.424. The third-order valence-corrected chi connectivity index (χ3v) is 2.66. The number of aryl methyl sites for hydroxylation is 1. The summed E-state index contributed by atoms with van der Waals surface area (Å²) in [5.74, 6) is 0.817. The second kappa shape index (κ2) is 6.01. The maximum absolute atomic E-state index is 11.7. The summed E-state index contributed by atoms with van der Waals surface area (Å²) in [4.78, 5) is 11.7. The fourth-order valence-electron chi connectivity index (χ4n) is 1.67. The van der Waals surface area contributed by atoms with E-state index in [1.165, 1.54) is 5.56 Å². The van der Waals surface area contributed by atoms with Gasteiger partial charge in [-0.15, -0.1) is 0 Å². The Morgan fingerprint density at radius 1 is 1.00 bits per heavy atom. The molecule has 2 rings (SSSR count). The predicted molar refractivity (Wildman–Crippen MR) is 71.8 cm³/mol. The number of hydrogen-bond acceptors (Lipinski definition) is 2. The van der Waals surface area contributed by atoms with Gasteiger partial charge in [0.25, 0.3) is 0 Å². The van der Waals surface area contributed by atoms with Crippen LogP contribution in [0.3, 0.4) is 0 Å². The maximum Gasteiger partial charge on any atom is 0.174 e. The van der Waals surface area contributed by atoms with Crippen molar-refractivity contribution >= 4 is 5.78 Å². The first-order valence-corrected chi connectivity index (χ1v) is 5.99. The van der Waals surface area contributed by atoms with Crippen molar-refractivity contribution in [1.82, 2.24) is 0 Å². The smallest absolute Gasteiger partial charge is 0.174 e. The molecule has 0 N–H and O–H groups in total. The molecule has 92 valence electrons. The minimum Gasteiger partial charge on any atom is -0.486 e. The first-order valence-electron chi connectivity index (χ1n) is 5.99. The van der Waals surface area contributed by atoms with Crippen molar-refractivity contribution in [2.24, 2.45) is 0 Å². The molecule has 18 heavy (non-hydrogen) atoms. The van der Waals surface area contributed by atoms with Crippen molar-refractivity contribution in [3.05, 3.63) is 65.7 Å². The second-order valence-electron chi connectivity index (χ2n) is 4.30. The van der Waals surface area contributed by atoms with Crippen molar-refractivity contribution in [1.29, 1.82) is 0 Å². The Morgan fingerprint density at radius 2 is 1.67 bits per heavy atom. The standard InChI is InChI=1S/C16H16O2/c1-13-7-9-14(10-8-13)11-15(17)12-18-16-5-3-2-4-6-16/h2-10H,11-12H2,1H3. The highest BCUT2D eigenvalue weighted by molar-refractivity contribution is 5.82. The highest BCUT2D eigenvalue weighted by atomic mass is 16.5. The van der Waals surface area contributed by atoms with E-state index in [1.54, 1.807) is 0 Å². The molecular formula is C16H16O2. The van der Waals surface area contributed by atoms with E-state index < -0.39 is 0 Å². The lowest BCUT2D eigenvalue weighted by molar-refractivity contribution is -0.120. The number of rotatable bonds is 5. The molecular weight excluding hydrogens is 224 g/mol. The number of ketones is 1. The Labute approximate surface area is 107 Å². The number of carbonyl (C=O) groups is 1. The first-order chi connectivity index (χ1) is 8.74. The number of para-hydroxylation sites is 1. The monoisotopic (exact) mass is 240 g/mol. The molecule has 0 atom stereocenters. The van der Waals surface area contributed by atoms with E-state index in [0.29, 0.717) is 6.42 Å². The third kappa shape index (κ3) is 3.74. The number of hydrogen-bond donors (Lipinski definition) is 0. The fourth-order valence-corrected chi connectivity index (χ4v) is 1.67.